The molecule has 1 fully saturated rings. The second-order valence-electron chi connectivity index (χ2n) is 4.96. The lowest BCUT2D eigenvalue weighted by molar-refractivity contribution is -0.142. The highest BCUT2D eigenvalue weighted by Crippen LogP contribution is 2.22. The number of benzene rings is 1. The summed E-state index contributed by atoms with van der Waals surface area (Å²) < 4.78 is 28.2. The number of carboxylic acids is 1. The lowest BCUT2D eigenvalue weighted by Crippen LogP contribution is -2.44. The number of aliphatic carboxylic acids is 1. The largest absolute Gasteiger partial charge is 0.481 e. The predicted molar refractivity (Wildman–Crippen MR) is 76.8 cm³/mol. The molecule has 1 aromatic carbocycles. The third-order valence-electron chi connectivity index (χ3n) is 3.50. The fourth-order valence-corrected chi connectivity index (χ4v) is 3.68. The van der Waals surface area contributed by atoms with Crippen LogP contribution >= 0.6 is 0 Å². The van der Waals surface area contributed by atoms with Crippen LogP contribution in [0.25, 0.3) is 0 Å². The molecule has 0 saturated carbocycles. The zero-order chi connectivity index (χ0) is 15.5. The molecule has 1 aliphatic heterocycles. The summed E-state index contributed by atoms with van der Waals surface area (Å²) in [6.45, 7) is -0.0250. The minimum Gasteiger partial charge on any atom is -0.481 e. The Balaban J connectivity index is 2.16. The van der Waals surface area contributed by atoms with Gasteiger partial charge in [-0.2, -0.15) is 12.7 Å². The molecule has 0 aliphatic carbocycles. The Hall–Kier alpha value is -1.64. The number of carboxylic acid groups (broad SMARTS) is 1. The van der Waals surface area contributed by atoms with Crippen molar-refractivity contribution in [3.8, 4) is 0 Å². The number of aliphatic hydroxyl groups is 1. The van der Waals surface area contributed by atoms with E-state index in [1.165, 1.54) is 0 Å². The highest BCUT2D eigenvalue weighted by Gasteiger charge is 2.32. The van der Waals surface area contributed by atoms with Crippen molar-refractivity contribution in [3.05, 3.63) is 29.8 Å². The molecule has 0 aromatic heterocycles. The van der Waals surface area contributed by atoms with Crippen LogP contribution in [-0.4, -0.2) is 42.0 Å². The van der Waals surface area contributed by atoms with Gasteiger partial charge in [0.05, 0.1) is 18.2 Å². The Morgan fingerprint density at radius 2 is 2.10 bits per heavy atom. The van der Waals surface area contributed by atoms with Crippen molar-refractivity contribution in [2.75, 3.05) is 17.8 Å². The SMILES string of the molecule is O=C(O)C1CCCN(S(=O)(=O)Nc2ccccc2CO)C1. The van der Waals surface area contributed by atoms with Crippen LogP contribution in [0.15, 0.2) is 24.3 Å². The molecular weight excluding hydrogens is 296 g/mol. The number of piperidine rings is 1. The van der Waals surface area contributed by atoms with Gasteiger partial charge in [-0.25, -0.2) is 0 Å². The van der Waals surface area contributed by atoms with Gasteiger partial charge >= 0.3 is 16.2 Å². The standard InChI is InChI=1S/C13H18N2O5S/c16-9-11-4-1-2-6-12(11)14-21(19,20)15-7-3-5-10(8-15)13(17)18/h1-2,4,6,10,14,16H,3,5,7-9H2,(H,17,18). The third kappa shape index (κ3) is 3.72. The summed E-state index contributed by atoms with van der Waals surface area (Å²) in [7, 11) is -3.83. The van der Waals surface area contributed by atoms with E-state index < -0.39 is 22.1 Å². The van der Waals surface area contributed by atoms with Crippen LogP contribution in [0.1, 0.15) is 18.4 Å². The van der Waals surface area contributed by atoms with Gasteiger partial charge in [0.15, 0.2) is 0 Å². The summed E-state index contributed by atoms with van der Waals surface area (Å²) in [4.78, 5) is 11.0. The van der Waals surface area contributed by atoms with Crippen molar-refractivity contribution < 1.29 is 23.4 Å². The molecular formula is C13H18N2O5S. The van der Waals surface area contributed by atoms with Crippen molar-refractivity contribution in [3.63, 3.8) is 0 Å². The number of hydrogen-bond acceptors (Lipinski definition) is 4. The second-order valence-corrected chi connectivity index (χ2v) is 6.63. The van der Waals surface area contributed by atoms with E-state index in [0.29, 0.717) is 30.6 Å². The smallest absolute Gasteiger partial charge is 0.307 e. The van der Waals surface area contributed by atoms with E-state index in [0.717, 1.165) is 4.31 Å². The first-order chi connectivity index (χ1) is 9.94. The number of hydrogen-bond donors (Lipinski definition) is 3. The van der Waals surface area contributed by atoms with E-state index in [1.54, 1.807) is 24.3 Å². The van der Waals surface area contributed by atoms with Gasteiger partial charge in [0.1, 0.15) is 0 Å². The third-order valence-corrected chi connectivity index (χ3v) is 4.99. The first-order valence-electron chi connectivity index (χ1n) is 6.63. The Morgan fingerprint density at radius 1 is 1.38 bits per heavy atom. The molecule has 1 aromatic rings. The number of aliphatic hydroxyl groups excluding tert-OH is 1. The number of carbonyl (C=O) groups is 1. The van der Waals surface area contributed by atoms with E-state index >= 15 is 0 Å². The van der Waals surface area contributed by atoms with Crippen LogP contribution in [0, 0.1) is 5.92 Å². The predicted octanol–water partition coefficient (Wildman–Crippen LogP) is 0.632. The molecule has 3 N–H and O–H groups in total. The van der Waals surface area contributed by atoms with Crippen LogP contribution in [0.3, 0.4) is 0 Å². The van der Waals surface area contributed by atoms with Crippen molar-refractivity contribution in [1.29, 1.82) is 0 Å². The van der Waals surface area contributed by atoms with Gasteiger partial charge in [0.25, 0.3) is 0 Å². The summed E-state index contributed by atoms with van der Waals surface area (Å²) in [6.07, 6.45) is 0.994. The van der Waals surface area contributed by atoms with E-state index in [-0.39, 0.29) is 13.2 Å². The maximum Gasteiger partial charge on any atom is 0.307 e. The van der Waals surface area contributed by atoms with E-state index in [1.807, 2.05) is 0 Å². The molecule has 1 saturated heterocycles. The normalized spacial score (nSPS) is 20.1. The van der Waals surface area contributed by atoms with Gasteiger partial charge in [0.2, 0.25) is 0 Å². The Labute approximate surface area is 123 Å². The van der Waals surface area contributed by atoms with Crippen molar-refractivity contribution in [1.82, 2.24) is 4.31 Å². The lowest BCUT2D eigenvalue weighted by Gasteiger charge is -2.30. The number of nitrogens with zero attached hydrogens (tertiary/aromatic N) is 1. The average molecular weight is 314 g/mol. The zero-order valence-corrected chi connectivity index (χ0v) is 12.2. The van der Waals surface area contributed by atoms with Crippen LogP contribution in [0.5, 0.6) is 0 Å². The Bertz CT molecular complexity index is 617. The van der Waals surface area contributed by atoms with E-state index in [2.05, 4.69) is 4.72 Å². The van der Waals surface area contributed by atoms with Crippen molar-refractivity contribution in [2.45, 2.75) is 19.4 Å². The first-order valence-corrected chi connectivity index (χ1v) is 8.07. The summed E-state index contributed by atoms with van der Waals surface area (Å²) >= 11 is 0. The highest BCUT2D eigenvalue weighted by atomic mass is 32.2. The molecule has 7 nitrogen and oxygen atoms in total. The minimum absolute atomic E-state index is 0.0358. The van der Waals surface area contributed by atoms with Crippen LogP contribution < -0.4 is 4.72 Å². The maximum atomic E-state index is 12.3. The summed E-state index contributed by atoms with van der Waals surface area (Å²) in [6, 6.07) is 6.54. The van der Waals surface area contributed by atoms with Crippen molar-refractivity contribution in [2.24, 2.45) is 5.92 Å². The van der Waals surface area contributed by atoms with Gasteiger partial charge < -0.3 is 10.2 Å². The number of para-hydroxylation sites is 1. The highest BCUT2D eigenvalue weighted by molar-refractivity contribution is 7.90. The molecule has 1 atom stereocenters. The average Bonchev–Trinajstić information content (AvgIpc) is 2.47. The number of anilines is 1. The second kappa shape index (κ2) is 6.42. The minimum atomic E-state index is -3.83. The molecule has 21 heavy (non-hydrogen) atoms. The maximum absolute atomic E-state index is 12.3. The van der Waals surface area contributed by atoms with Crippen LogP contribution in [0.4, 0.5) is 5.69 Å². The van der Waals surface area contributed by atoms with Gasteiger partial charge in [-0.3, -0.25) is 9.52 Å². The van der Waals surface area contributed by atoms with Gasteiger partial charge in [-0.1, -0.05) is 18.2 Å². The Kier molecular flexibility index (Phi) is 4.81. The fraction of sp³-hybridized carbons (Fsp3) is 0.462. The molecule has 0 spiro atoms. The molecule has 0 radical (unpaired) electrons. The van der Waals surface area contributed by atoms with Gasteiger partial charge in [-0.15, -0.1) is 0 Å². The monoisotopic (exact) mass is 314 g/mol. The molecule has 2 rings (SSSR count). The van der Waals surface area contributed by atoms with E-state index in [4.69, 9.17) is 5.11 Å². The lowest BCUT2D eigenvalue weighted by atomic mass is 10.0. The quantitative estimate of drug-likeness (QED) is 0.739. The molecule has 1 aliphatic rings. The molecule has 0 bridgehead atoms. The fourth-order valence-electron chi connectivity index (χ4n) is 2.32. The molecule has 1 unspecified atom stereocenters. The van der Waals surface area contributed by atoms with Crippen LogP contribution in [0.2, 0.25) is 0 Å². The number of rotatable bonds is 5. The molecule has 8 heteroatoms. The summed E-state index contributed by atoms with van der Waals surface area (Å²) in [5.74, 6) is -1.66. The van der Waals surface area contributed by atoms with Gasteiger partial charge in [-0.05, 0) is 18.9 Å². The molecule has 116 valence electrons. The summed E-state index contributed by atoms with van der Waals surface area (Å²) in [5, 5.41) is 18.2. The van der Waals surface area contributed by atoms with Gasteiger partial charge in [0, 0.05) is 18.7 Å². The van der Waals surface area contributed by atoms with Crippen LogP contribution in [-0.2, 0) is 21.6 Å². The topological polar surface area (TPSA) is 107 Å². The molecule has 0 amide bonds. The van der Waals surface area contributed by atoms with E-state index in [9.17, 15) is 18.3 Å². The molecule has 1 heterocycles. The first kappa shape index (κ1) is 15.7. The van der Waals surface area contributed by atoms with Crippen molar-refractivity contribution >= 4 is 21.9 Å². The number of nitrogens with one attached hydrogen (secondary N) is 1. The Morgan fingerprint density at radius 3 is 2.76 bits per heavy atom. The zero-order valence-electron chi connectivity index (χ0n) is 11.4. The summed E-state index contributed by atoms with van der Waals surface area (Å²) in [5.41, 5.74) is 0.769.